The number of carboxylic acid groups (broad SMARTS) is 1. The molecule has 9 nitrogen and oxygen atoms in total. The van der Waals surface area contributed by atoms with E-state index in [1.54, 1.807) is 26.0 Å². The molecule has 0 radical (unpaired) electrons. The molecule has 0 spiro atoms. The fourth-order valence-electron chi connectivity index (χ4n) is 3.52. The van der Waals surface area contributed by atoms with Crippen molar-refractivity contribution in [2.75, 3.05) is 0 Å². The van der Waals surface area contributed by atoms with Crippen LogP contribution in [0.15, 0.2) is 63.8 Å². The molecule has 1 heterocycles. The van der Waals surface area contributed by atoms with E-state index in [1.165, 1.54) is 26.0 Å². The summed E-state index contributed by atoms with van der Waals surface area (Å²) in [6.45, 7) is 6.31. The number of hydrogen-bond donors (Lipinski definition) is 3. The maximum Gasteiger partial charge on any atom is 0.336 e. The molecule has 0 bridgehead atoms. The highest BCUT2D eigenvalue weighted by atomic mass is 16.5. The summed E-state index contributed by atoms with van der Waals surface area (Å²) in [5.41, 5.74) is 1.37. The van der Waals surface area contributed by atoms with Crippen molar-refractivity contribution in [2.45, 2.75) is 45.9 Å². The molecule has 0 saturated carbocycles. The Hall–Kier alpha value is -4.14. The molecular formula is C26H28N2O7. The van der Waals surface area contributed by atoms with E-state index in [-0.39, 0.29) is 5.92 Å². The van der Waals surface area contributed by atoms with Gasteiger partial charge in [-0.1, -0.05) is 44.2 Å². The van der Waals surface area contributed by atoms with Gasteiger partial charge in [-0.15, -0.1) is 0 Å². The van der Waals surface area contributed by atoms with Gasteiger partial charge in [0.05, 0.1) is 0 Å². The highest BCUT2D eigenvalue weighted by Crippen LogP contribution is 2.29. The second kappa shape index (κ2) is 10.9. The molecule has 0 fully saturated rings. The molecule has 3 aromatic rings. The standard InChI is InChI=1S/C26H28N2O7/c1-14(2)23(26(32)33)28-24(30)15(3)27-25(31)16(4)34-18-10-11-19-20(17-8-6-5-7-9-17)13-22(29)35-21(19)12-18/h5-16,23H,1-4H3,(H,27,31)(H,28,30)(H,32,33). The van der Waals surface area contributed by atoms with Crippen LogP contribution in [0, 0.1) is 5.92 Å². The Morgan fingerprint density at radius 2 is 1.60 bits per heavy atom. The molecular weight excluding hydrogens is 452 g/mol. The van der Waals surface area contributed by atoms with Gasteiger partial charge in [-0.3, -0.25) is 9.59 Å². The van der Waals surface area contributed by atoms with Gasteiger partial charge in [0.2, 0.25) is 5.91 Å². The predicted octanol–water partition coefficient (Wildman–Crippen LogP) is 2.96. The summed E-state index contributed by atoms with van der Waals surface area (Å²) < 4.78 is 11.0. The minimum Gasteiger partial charge on any atom is -0.481 e. The molecule has 0 aliphatic carbocycles. The van der Waals surface area contributed by atoms with Crippen LogP contribution in [0.4, 0.5) is 0 Å². The van der Waals surface area contributed by atoms with Crippen LogP contribution in [0.3, 0.4) is 0 Å². The van der Waals surface area contributed by atoms with Crippen LogP contribution < -0.4 is 21.0 Å². The molecule has 1 aromatic heterocycles. The Morgan fingerprint density at radius 1 is 0.914 bits per heavy atom. The summed E-state index contributed by atoms with van der Waals surface area (Å²) in [7, 11) is 0. The van der Waals surface area contributed by atoms with Gasteiger partial charge < -0.3 is 24.9 Å². The smallest absolute Gasteiger partial charge is 0.336 e. The van der Waals surface area contributed by atoms with Crippen molar-refractivity contribution in [3.8, 4) is 16.9 Å². The van der Waals surface area contributed by atoms with Crippen molar-refractivity contribution in [2.24, 2.45) is 5.92 Å². The SMILES string of the molecule is CC(NC(=O)C(C)Oc1ccc2c(-c3ccccc3)cc(=O)oc2c1)C(=O)NC(C(=O)O)C(C)C. The van der Waals surface area contributed by atoms with Gasteiger partial charge in [-0.2, -0.15) is 0 Å². The first-order valence-electron chi connectivity index (χ1n) is 11.2. The lowest BCUT2D eigenvalue weighted by Gasteiger charge is -2.22. The van der Waals surface area contributed by atoms with Crippen LogP contribution in [0.2, 0.25) is 0 Å². The third-order valence-electron chi connectivity index (χ3n) is 5.47. The minimum atomic E-state index is -1.15. The molecule has 0 aliphatic rings. The van der Waals surface area contributed by atoms with Crippen LogP contribution in [-0.4, -0.2) is 41.1 Å². The molecule has 0 saturated heterocycles. The molecule has 3 atom stereocenters. The second-order valence-electron chi connectivity index (χ2n) is 8.56. The molecule has 3 rings (SSSR count). The first-order chi connectivity index (χ1) is 16.6. The van der Waals surface area contributed by atoms with Crippen molar-refractivity contribution in [3.05, 3.63) is 65.0 Å². The largest absolute Gasteiger partial charge is 0.481 e. The maximum absolute atomic E-state index is 12.6. The highest BCUT2D eigenvalue weighted by Gasteiger charge is 2.27. The summed E-state index contributed by atoms with van der Waals surface area (Å²) >= 11 is 0. The lowest BCUT2D eigenvalue weighted by Crippen LogP contribution is -2.53. The van der Waals surface area contributed by atoms with Crippen molar-refractivity contribution in [3.63, 3.8) is 0 Å². The molecule has 3 unspecified atom stereocenters. The lowest BCUT2D eigenvalue weighted by molar-refractivity contribution is -0.143. The number of ether oxygens (including phenoxy) is 1. The van der Waals surface area contributed by atoms with Gasteiger partial charge in [-0.25, -0.2) is 9.59 Å². The van der Waals surface area contributed by atoms with E-state index in [0.717, 1.165) is 11.1 Å². The lowest BCUT2D eigenvalue weighted by atomic mass is 10.0. The Balaban J connectivity index is 1.71. The maximum atomic E-state index is 12.6. The average molecular weight is 481 g/mol. The molecule has 2 amide bonds. The normalized spacial score (nSPS) is 13.6. The van der Waals surface area contributed by atoms with Crippen LogP contribution in [0.25, 0.3) is 22.1 Å². The third-order valence-corrected chi connectivity index (χ3v) is 5.47. The number of carbonyl (C=O) groups is 3. The van der Waals surface area contributed by atoms with Gasteiger partial charge in [-0.05, 0) is 43.0 Å². The van der Waals surface area contributed by atoms with Gasteiger partial charge in [0.25, 0.3) is 5.91 Å². The fraction of sp³-hybridized carbons (Fsp3) is 0.308. The summed E-state index contributed by atoms with van der Waals surface area (Å²) in [4.78, 5) is 48.3. The summed E-state index contributed by atoms with van der Waals surface area (Å²) in [5, 5.41) is 14.9. The topological polar surface area (TPSA) is 135 Å². The molecule has 2 aromatic carbocycles. The first kappa shape index (κ1) is 25.5. The van der Waals surface area contributed by atoms with Crippen LogP contribution in [-0.2, 0) is 14.4 Å². The quantitative estimate of drug-likeness (QED) is 0.401. The van der Waals surface area contributed by atoms with Crippen LogP contribution in [0.5, 0.6) is 5.75 Å². The number of fused-ring (bicyclic) bond motifs is 1. The zero-order valence-corrected chi connectivity index (χ0v) is 19.9. The van der Waals surface area contributed by atoms with Gasteiger partial charge in [0.1, 0.15) is 23.4 Å². The average Bonchev–Trinajstić information content (AvgIpc) is 2.81. The number of carboxylic acids is 1. The zero-order chi connectivity index (χ0) is 25.7. The highest BCUT2D eigenvalue weighted by molar-refractivity contribution is 5.94. The number of hydrogen-bond acceptors (Lipinski definition) is 6. The Bertz CT molecular complexity index is 1280. The van der Waals surface area contributed by atoms with Gasteiger partial charge >= 0.3 is 11.6 Å². The molecule has 0 aliphatic heterocycles. The van der Waals surface area contributed by atoms with E-state index in [4.69, 9.17) is 9.15 Å². The van der Waals surface area contributed by atoms with E-state index in [2.05, 4.69) is 10.6 Å². The number of rotatable bonds is 9. The minimum absolute atomic E-state index is 0.302. The van der Waals surface area contributed by atoms with Crippen molar-refractivity contribution in [1.29, 1.82) is 0 Å². The Morgan fingerprint density at radius 3 is 2.23 bits per heavy atom. The number of benzene rings is 2. The van der Waals surface area contributed by atoms with Gasteiger partial charge in [0, 0.05) is 17.5 Å². The molecule has 3 N–H and O–H groups in total. The van der Waals surface area contributed by atoms with Crippen LogP contribution >= 0.6 is 0 Å². The number of aliphatic carboxylic acids is 1. The van der Waals surface area contributed by atoms with E-state index in [0.29, 0.717) is 16.7 Å². The van der Waals surface area contributed by atoms with E-state index in [9.17, 15) is 24.3 Å². The Kier molecular flexibility index (Phi) is 7.91. The fourth-order valence-corrected chi connectivity index (χ4v) is 3.52. The summed E-state index contributed by atoms with van der Waals surface area (Å²) in [5.74, 6) is -2.36. The van der Waals surface area contributed by atoms with Crippen LogP contribution in [0.1, 0.15) is 27.7 Å². The van der Waals surface area contributed by atoms with Crippen molar-refractivity contribution < 1.29 is 28.6 Å². The number of amides is 2. The zero-order valence-electron chi connectivity index (χ0n) is 19.9. The molecule has 35 heavy (non-hydrogen) atoms. The predicted molar refractivity (Wildman–Crippen MR) is 130 cm³/mol. The first-order valence-corrected chi connectivity index (χ1v) is 11.2. The summed E-state index contributed by atoms with van der Waals surface area (Å²) in [6.07, 6.45) is -0.980. The van der Waals surface area contributed by atoms with E-state index in [1.807, 2.05) is 30.3 Å². The number of nitrogens with one attached hydrogen (secondary N) is 2. The monoisotopic (exact) mass is 480 g/mol. The second-order valence-corrected chi connectivity index (χ2v) is 8.56. The molecule has 9 heteroatoms. The van der Waals surface area contributed by atoms with Gasteiger partial charge in [0.15, 0.2) is 6.10 Å². The van der Waals surface area contributed by atoms with Crippen molar-refractivity contribution in [1.82, 2.24) is 10.6 Å². The third kappa shape index (κ3) is 6.26. The molecule has 184 valence electrons. The van der Waals surface area contributed by atoms with E-state index >= 15 is 0 Å². The summed E-state index contributed by atoms with van der Waals surface area (Å²) in [6, 6.07) is 13.7. The van der Waals surface area contributed by atoms with E-state index < -0.39 is 41.6 Å². The van der Waals surface area contributed by atoms with Crippen molar-refractivity contribution >= 4 is 28.8 Å². The Labute approximate surface area is 202 Å². The number of carbonyl (C=O) groups excluding carboxylic acids is 2.